The van der Waals surface area contributed by atoms with Gasteiger partial charge < -0.3 is 15.4 Å². The number of thiocarbonyl (C=S) groups is 1. The Labute approximate surface area is 248 Å². The maximum absolute atomic E-state index is 13.1. The van der Waals surface area contributed by atoms with Crippen molar-refractivity contribution in [2.24, 2.45) is 0 Å². The number of benzene rings is 2. The van der Waals surface area contributed by atoms with Crippen LogP contribution in [-0.2, 0) is 15.7 Å². The zero-order valence-electron chi connectivity index (χ0n) is 23.6. The van der Waals surface area contributed by atoms with E-state index >= 15 is 0 Å². The van der Waals surface area contributed by atoms with Gasteiger partial charge in [-0.05, 0) is 43.5 Å². The Hall–Kier alpha value is -3.31. The van der Waals surface area contributed by atoms with Crippen molar-refractivity contribution in [3.05, 3.63) is 70.2 Å². The second-order valence-electron chi connectivity index (χ2n) is 9.23. The van der Waals surface area contributed by atoms with E-state index in [2.05, 4.69) is 34.2 Å². The van der Waals surface area contributed by atoms with Crippen molar-refractivity contribution >= 4 is 46.1 Å². The van der Waals surface area contributed by atoms with Gasteiger partial charge in [-0.2, -0.15) is 13.2 Å². The number of carbonyl (C=O) groups is 2. The molecule has 0 aliphatic heterocycles. The summed E-state index contributed by atoms with van der Waals surface area (Å²) in [6.07, 6.45) is 0.0943. The first kappa shape index (κ1) is 33.9. The van der Waals surface area contributed by atoms with Crippen LogP contribution in [0.5, 0.6) is 0 Å². The van der Waals surface area contributed by atoms with E-state index < -0.39 is 11.7 Å². The summed E-state index contributed by atoms with van der Waals surface area (Å²) in [7, 11) is 1.37. The molecule has 3 rings (SSSR count). The molecule has 0 radical (unpaired) electrons. The van der Waals surface area contributed by atoms with Crippen LogP contribution in [0.25, 0.3) is 11.1 Å². The molecule has 0 saturated heterocycles. The van der Waals surface area contributed by atoms with Gasteiger partial charge in [-0.1, -0.05) is 69.2 Å². The van der Waals surface area contributed by atoms with Crippen molar-refractivity contribution in [3.63, 3.8) is 0 Å². The number of anilines is 1. The number of para-hydroxylation sites is 1. The molecule has 0 unspecified atom stereocenters. The summed E-state index contributed by atoms with van der Waals surface area (Å²) in [4.78, 5) is 28.6. The highest BCUT2D eigenvalue weighted by atomic mass is 32.1. The Morgan fingerprint density at radius 1 is 1.07 bits per heavy atom. The maximum Gasteiger partial charge on any atom is 0.416 e. The summed E-state index contributed by atoms with van der Waals surface area (Å²) < 4.78 is 43.8. The molecule has 2 N–H and O–H groups in total. The number of alkyl halides is 3. The molecule has 2 aromatic carbocycles. The smallest absolute Gasteiger partial charge is 0.416 e. The van der Waals surface area contributed by atoms with Gasteiger partial charge in [0.2, 0.25) is 0 Å². The number of thiazole rings is 1. The molecule has 0 fully saturated rings. The van der Waals surface area contributed by atoms with E-state index in [4.69, 9.17) is 12.2 Å². The van der Waals surface area contributed by atoms with Crippen molar-refractivity contribution in [1.29, 1.82) is 0 Å². The Kier molecular flexibility index (Phi) is 13.9. The van der Waals surface area contributed by atoms with E-state index in [1.807, 2.05) is 0 Å². The highest BCUT2D eigenvalue weighted by Crippen LogP contribution is 2.35. The summed E-state index contributed by atoms with van der Waals surface area (Å²) in [5, 5.41) is 8.37. The van der Waals surface area contributed by atoms with Gasteiger partial charge in [-0.3, -0.25) is 9.59 Å². The first-order valence-corrected chi connectivity index (χ1v) is 14.6. The molecule has 222 valence electrons. The number of esters is 1. The Balaban J connectivity index is 0.000000503. The van der Waals surface area contributed by atoms with Crippen LogP contribution >= 0.6 is 23.6 Å². The molecule has 1 amide bonds. The number of aromatic nitrogens is 1. The molecule has 0 aliphatic rings. The third-order valence-corrected chi connectivity index (χ3v) is 7.14. The van der Waals surface area contributed by atoms with E-state index in [1.165, 1.54) is 24.5 Å². The maximum atomic E-state index is 13.1. The van der Waals surface area contributed by atoms with Gasteiger partial charge in [-0.25, -0.2) is 4.98 Å². The predicted molar refractivity (Wildman–Crippen MR) is 162 cm³/mol. The summed E-state index contributed by atoms with van der Waals surface area (Å²) in [5.74, 6) is -0.239. The van der Waals surface area contributed by atoms with Crippen molar-refractivity contribution < 1.29 is 27.5 Å². The van der Waals surface area contributed by atoms with Crippen LogP contribution in [0.15, 0.2) is 53.9 Å². The van der Waals surface area contributed by atoms with Gasteiger partial charge in [0.1, 0.15) is 5.69 Å². The van der Waals surface area contributed by atoms with Crippen molar-refractivity contribution in [1.82, 2.24) is 10.3 Å². The number of hydrogen-bond donors (Lipinski definition) is 2. The van der Waals surface area contributed by atoms with Gasteiger partial charge in [-0.15, -0.1) is 11.3 Å². The fourth-order valence-corrected chi connectivity index (χ4v) is 5.08. The fraction of sp³-hybridized carbons (Fsp3) is 0.400. The van der Waals surface area contributed by atoms with Crippen molar-refractivity contribution in [2.45, 2.75) is 65.0 Å². The van der Waals surface area contributed by atoms with E-state index in [0.717, 1.165) is 42.8 Å². The number of halogens is 3. The number of ether oxygens (including phenoxy) is 1. The molecule has 1 aromatic heterocycles. The highest BCUT2D eigenvalue weighted by Gasteiger charge is 2.30. The largest absolute Gasteiger partial charge is 0.469 e. The SMILES string of the molecule is CCCC(CCC)c1nc(C(=O)Nc2ccccc2-c2cccc(C(F)(F)F)c2)cs1.COC(=O)CCNC(C)=S. The summed E-state index contributed by atoms with van der Waals surface area (Å²) in [6.45, 7) is 6.60. The third-order valence-electron chi connectivity index (χ3n) is 5.99. The molecule has 0 spiro atoms. The molecule has 41 heavy (non-hydrogen) atoms. The second-order valence-corrected chi connectivity index (χ2v) is 10.7. The van der Waals surface area contributed by atoms with E-state index in [1.54, 1.807) is 42.6 Å². The first-order valence-electron chi connectivity index (χ1n) is 13.3. The van der Waals surface area contributed by atoms with Crippen molar-refractivity contribution in [2.75, 3.05) is 19.0 Å². The molecule has 1 heterocycles. The number of nitrogens with one attached hydrogen (secondary N) is 2. The highest BCUT2D eigenvalue weighted by molar-refractivity contribution is 7.80. The number of hydrogen-bond acceptors (Lipinski definition) is 6. The topological polar surface area (TPSA) is 80.3 Å². The average Bonchev–Trinajstić information content (AvgIpc) is 3.43. The molecule has 11 heteroatoms. The lowest BCUT2D eigenvalue weighted by Crippen LogP contribution is -2.21. The molecule has 6 nitrogen and oxygen atoms in total. The van der Waals surface area contributed by atoms with E-state index in [0.29, 0.717) is 46.4 Å². The lowest BCUT2D eigenvalue weighted by molar-refractivity contribution is -0.140. The normalized spacial score (nSPS) is 10.9. The molecular weight excluding hydrogens is 571 g/mol. The van der Waals surface area contributed by atoms with E-state index in [-0.39, 0.29) is 11.9 Å². The predicted octanol–water partition coefficient (Wildman–Crippen LogP) is 8.25. The van der Waals surface area contributed by atoms with Crippen LogP contribution in [0.2, 0.25) is 0 Å². The minimum absolute atomic E-state index is 0.219. The molecule has 0 bridgehead atoms. The van der Waals surface area contributed by atoms with Gasteiger partial charge in [0.15, 0.2) is 0 Å². The summed E-state index contributed by atoms with van der Waals surface area (Å²) in [5.41, 5.74) is 0.951. The van der Waals surface area contributed by atoms with Gasteiger partial charge in [0.05, 0.1) is 29.1 Å². The average molecular weight is 608 g/mol. The fourth-order valence-electron chi connectivity index (χ4n) is 4.00. The lowest BCUT2D eigenvalue weighted by atomic mass is 9.99. The first-order chi connectivity index (χ1) is 19.5. The van der Waals surface area contributed by atoms with Crippen LogP contribution < -0.4 is 10.6 Å². The molecular formula is C30H36F3N3O3S2. The zero-order chi connectivity index (χ0) is 30.4. The quantitative estimate of drug-likeness (QED) is 0.169. The number of amides is 1. The Bertz CT molecular complexity index is 1290. The Morgan fingerprint density at radius 3 is 2.37 bits per heavy atom. The summed E-state index contributed by atoms with van der Waals surface area (Å²) >= 11 is 6.21. The standard InChI is InChI=1S/C24H25F3N2OS.C6H11NO2S/c1-3-8-16(9-4-2)23-29-21(15-31-23)22(30)28-20-13-6-5-12-19(20)17-10-7-11-18(14-17)24(25,26)27;1-5(10)7-4-3-6(8)9-2/h5-7,10-16H,3-4,8-9H2,1-2H3,(H,28,30);3-4H2,1-2H3,(H,7,10). The van der Waals surface area contributed by atoms with Crippen LogP contribution in [0.3, 0.4) is 0 Å². The molecule has 0 atom stereocenters. The number of carbonyl (C=O) groups excluding carboxylic acids is 2. The van der Waals surface area contributed by atoms with Gasteiger partial charge >= 0.3 is 12.1 Å². The lowest BCUT2D eigenvalue weighted by Gasteiger charge is -2.13. The van der Waals surface area contributed by atoms with Crippen LogP contribution in [0.4, 0.5) is 18.9 Å². The Morgan fingerprint density at radius 2 is 1.76 bits per heavy atom. The monoisotopic (exact) mass is 607 g/mol. The van der Waals surface area contributed by atoms with Crippen LogP contribution in [0, 0.1) is 0 Å². The van der Waals surface area contributed by atoms with Crippen LogP contribution in [-0.4, -0.2) is 35.5 Å². The van der Waals surface area contributed by atoms with E-state index in [9.17, 15) is 22.8 Å². The molecule has 0 saturated carbocycles. The third kappa shape index (κ3) is 11.2. The summed E-state index contributed by atoms with van der Waals surface area (Å²) in [6, 6.07) is 11.9. The van der Waals surface area contributed by atoms with Gasteiger partial charge in [0.25, 0.3) is 5.91 Å². The minimum Gasteiger partial charge on any atom is -0.469 e. The van der Waals surface area contributed by atoms with Crippen LogP contribution in [0.1, 0.15) is 79.9 Å². The molecule has 0 aliphatic carbocycles. The zero-order valence-corrected chi connectivity index (χ0v) is 25.3. The van der Waals surface area contributed by atoms with Crippen molar-refractivity contribution in [3.8, 4) is 11.1 Å². The second kappa shape index (κ2) is 16.8. The molecule has 3 aromatic rings. The van der Waals surface area contributed by atoms with Gasteiger partial charge in [0, 0.05) is 29.1 Å². The number of rotatable bonds is 11. The number of nitrogens with zero attached hydrogens (tertiary/aromatic N) is 1. The number of methoxy groups -OCH3 is 1. The minimum atomic E-state index is -4.43.